The van der Waals surface area contributed by atoms with Crippen LogP contribution in [0.3, 0.4) is 0 Å². The fraction of sp³-hybridized carbons (Fsp3) is 0.222. The number of carbonyl (C=O) groups excluding carboxylic acids is 1. The Bertz CT molecular complexity index is 625. The highest BCUT2D eigenvalue weighted by Crippen LogP contribution is 2.16. The number of hydrogen-bond donors (Lipinski definition) is 1. The van der Waals surface area contributed by atoms with Gasteiger partial charge in [-0.1, -0.05) is 50.2 Å². The molecule has 0 aromatic heterocycles. The van der Waals surface area contributed by atoms with E-state index >= 15 is 0 Å². The molecule has 0 radical (unpaired) electrons. The molecule has 0 bridgehead atoms. The van der Waals surface area contributed by atoms with Crippen LogP contribution >= 0.6 is 0 Å². The Morgan fingerprint density at radius 2 is 1.71 bits per heavy atom. The average Bonchev–Trinajstić information content (AvgIpc) is 2.46. The highest BCUT2D eigenvalue weighted by Gasteiger charge is 1.99. The molecule has 0 fully saturated rings. The van der Waals surface area contributed by atoms with Gasteiger partial charge in [0, 0.05) is 6.21 Å². The number of aliphatic imine (C=N–C) groups is 1. The van der Waals surface area contributed by atoms with Gasteiger partial charge in [-0.15, -0.1) is 0 Å². The summed E-state index contributed by atoms with van der Waals surface area (Å²) in [5.74, 6) is 0.213. The summed E-state index contributed by atoms with van der Waals surface area (Å²) in [6.45, 7) is 4.35. The first-order chi connectivity index (χ1) is 10.0. The molecule has 2 N–H and O–H groups in total. The second kappa shape index (κ2) is 6.84. The summed E-state index contributed by atoms with van der Waals surface area (Å²) in [5.41, 5.74) is 9.32. The van der Waals surface area contributed by atoms with E-state index in [4.69, 9.17) is 5.73 Å². The zero-order valence-corrected chi connectivity index (χ0v) is 12.4. The molecule has 0 spiro atoms. The summed E-state index contributed by atoms with van der Waals surface area (Å²) in [6.07, 6.45) is 2.11. The van der Waals surface area contributed by atoms with Crippen molar-refractivity contribution >= 4 is 17.8 Å². The van der Waals surface area contributed by atoms with Gasteiger partial charge in [-0.2, -0.15) is 0 Å². The number of primary amides is 1. The third-order valence-electron chi connectivity index (χ3n) is 3.28. The molecular weight excluding hydrogens is 260 g/mol. The van der Waals surface area contributed by atoms with Crippen LogP contribution in [-0.2, 0) is 11.2 Å². The minimum Gasteiger partial charge on any atom is -0.369 e. The molecule has 0 unspecified atom stereocenters. The molecule has 0 aliphatic heterocycles. The molecule has 108 valence electrons. The van der Waals surface area contributed by atoms with E-state index in [-0.39, 0.29) is 12.3 Å². The summed E-state index contributed by atoms with van der Waals surface area (Å²) >= 11 is 0. The lowest BCUT2D eigenvalue weighted by Gasteiger charge is -2.04. The topological polar surface area (TPSA) is 55.4 Å². The predicted octanol–water partition coefficient (Wildman–Crippen LogP) is 3.59. The molecule has 0 saturated heterocycles. The monoisotopic (exact) mass is 280 g/mol. The van der Waals surface area contributed by atoms with Crippen LogP contribution in [0.1, 0.15) is 36.5 Å². The molecule has 2 aromatic carbocycles. The second-order valence-corrected chi connectivity index (χ2v) is 5.39. The third kappa shape index (κ3) is 4.56. The van der Waals surface area contributed by atoms with Gasteiger partial charge in [0.25, 0.3) is 0 Å². The molecule has 2 rings (SSSR count). The van der Waals surface area contributed by atoms with Crippen molar-refractivity contribution in [3.8, 4) is 0 Å². The van der Waals surface area contributed by atoms with Crippen LogP contribution in [0.2, 0.25) is 0 Å². The van der Waals surface area contributed by atoms with Gasteiger partial charge in [0.05, 0.1) is 12.1 Å². The van der Waals surface area contributed by atoms with Crippen molar-refractivity contribution in [3.05, 3.63) is 65.2 Å². The predicted molar refractivity (Wildman–Crippen MR) is 87.1 cm³/mol. The van der Waals surface area contributed by atoms with E-state index in [1.807, 2.05) is 30.5 Å². The van der Waals surface area contributed by atoms with E-state index in [0.717, 1.165) is 16.8 Å². The van der Waals surface area contributed by atoms with Crippen LogP contribution in [-0.4, -0.2) is 12.1 Å². The lowest BCUT2D eigenvalue weighted by Crippen LogP contribution is -2.13. The fourth-order valence-corrected chi connectivity index (χ4v) is 2.02. The molecule has 1 amide bonds. The SMILES string of the molecule is CC(C)c1ccc(C=Nc2ccc(CC(N)=O)cc2)cc1. The van der Waals surface area contributed by atoms with Gasteiger partial charge in [-0.25, -0.2) is 0 Å². The molecule has 0 saturated carbocycles. The van der Waals surface area contributed by atoms with Crippen LogP contribution in [0.15, 0.2) is 53.5 Å². The maximum absolute atomic E-state index is 10.8. The van der Waals surface area contributed by atoms with Crippen LogP contribution in [0.25, 0.3) is 0 Å². The van der Waals surface area contributed by atoms with E-state index < -0.39 is 0 Å². The Kier molecular flexibility index (Phi) is 4.88. The first kappa shape index (κ1) is 15.0. The van der Waals surface area contributed by atoms with Gasteiger partial charge in [0.15, 0.2) is 0 Å². The third-order valence-corrected chi connectivity index (χ3v) is 3.28. The normalized spacial score (nSPS) is 11.2. The number of amides is 1. The minimum absolute atomic E-state index is 0.265. The molecule has 3 nitrogen and oxygen atoms in total. The van der Waals surface area contributed by atoms with Crippen molar-refractivity contribution in [1.82, 2.24) is 0 Å². The van der Waals surface area contributed by atoms with Crippen molar-refractivity contribution < 1.29 is 4.79 Å². The van der Waals surface area contributed by atoms with Crippen LogP contribution in [0, 0.1) is 0 Å². The van der Waals surface area contributed by atoms with Gasteiger partial charge in [-0.05, 0) is 34.7 Å². The van der Waals surface area contributed by atoms with Gasteiger partial charge >= 0.3 is 0 Å². The molecule has 0 heterocycles. The molecule has 2 aromatic rings. The standard InChI is InChI=1S/C18H20N2O/c1-13(2)16-7-3-15(4-8-16)12-20-17-9-5-14(6-10-17)11-18(19)21/h3-10,12-13H,11H2,1-2H3,(H2,19,21). The quantitative estimate of drug-likeness (QED) is 0.836. The lowest BCUT2D eigenvalue weighted by molar-refractivity contribution is -0.117. The number of benzene rings is 2. The smallest absolute Gasteiger partial charge is 0.221 e. The number of carbonyl (C=O) groups is 1. The Morgan fingerprint density at radius 3 is 2.24 bits per heavy atom. The van der Waals surface area contributed by atoms with Crippen molar-refractivity contribution in [3.63, 3.8) is 0 Å². The largest absolute Gasteiger partial charge is 0.369 e. The van der Waals surface area contributed by atoms with Crippen molar-refractivity contribution in [2.45, 2.75) is 26.2 Å². The maximum atomic E-state index is 10.8. The minimum atomic E-state index is -0.323. The van der Waals surface area contributed by atoms with Crippen molar-refractivity contribution in [2.75, 3.05) is 0 Å². The summed E-state index contributed by atoms with van der Waals surface area (Å²) < 4.78 is 0. The average molecular weight is 280 g/mol. The lowest BCUT2D eigenvalue weighted by atomic mass is 10.0. The zero-order chi connectivity index (χ0) is 15.2. The number of rotatable bonds is 5. The van der Waals surface area contributed by atoms with Crippen molar-refractivity contribution in [2.24, 2.45) is 10.7 Å². The number of nitrogens with zero attached hydrogens (tertiary/aromatic N) is 1. The van der Waals surface area contributed by atoms with Gasteiger partial charge in [0.2, 0.25) is 5.91 Å². The molecule has 21 heavy (non-hydrogen) atoms. The molecule has 0 atom stereocenters. The van der Waals surface area contributed by atoms with Gasteiger partial charge in [-0.3, -0.25) is 9.79 Å². The fourth-order valence-electron chi connectivity index (χ4n) is 2.02. The molecular formula is C18H20N2O. The zero-order valence-electron chi connectivity index (χ0n) is 12.4. The molecule has 0 aliphatic rings. The van der Waals surface area contributed by atoms with E-state index in [9.17, 15) is 4.79 Å². The second-order valence-electron chi connectivity index (χ2n) is 5.39. The van der Waals surface area contributed by atoms with Crippen LogP contribution < -0.4 is 5.73 Å². The summed E-state index contributed by atoms with van der Waals surface area (Å²) in [4.78, 5) is 15.3. The van der Waals surface area contributed by atoms with Crippen molar-refractivity contribution in [1.29, 1.82) is 0 Å². The Morgan fingerprint density at radius 1 is 1.10 bits per heavy atom. The highest BCUT2D eigenvalue weighted by molar-refractivity contribution is 5.82. The van der Waals surface area contributed by atoms with Crippen LogP contribution in [0.4, 0.5) is 5.69 Å². The Hall–Kier alpha value is -2.42. The van der Waals surface area contributed by atoms with E-state index in [1.54, 1.807) is 0 Å². The summed E-state index contributed by atoms with van der Waals surface area (Å²) in [7, 11) is 0. The number of hydrogen-bond acceptors (Lipinski definition) is 2. The van der Waals surface area contributed by atoms with Crippen LogP contribution in [0.5, 0.6) is 0 Å². The maximum Gasteiger partial charge on any atom is 0.221 e. The summed E-state index contributed by atoms with van der Waals surface area (Å²) in [6, 6.07) is 15.9. The first-order valence-electron chi connectivity index (χ1n) is 7.06. The molecule has 3 heteroatoms. The van der Waals surface area contributed by atoms with Gasteiger partial charge in [0.1, 0.15) is 0 Å². The Balaban J connectivity index is 2.05. The van der Waals surface area contributed by atoms with E-state index in [0.29, 0.717) is 5.92 Å². The van der Waals surface area contributed by atoms with E-state index in [1.165, 1.54) is 5.56 Å². The van der Waals surface area contributed by atoms with Gasteiger partial charge < -0.3 is 5.73 Å². The molecule has 0 aliphatic carbocycles. The number of nitrogens with two attached hydrogens (primary N) is 1. The summed E-state index contributed by atoms with van der Waals surface area (Å²) in [5, 5.41) is 0. The van der Waals surface area contributed by atoms with E-state index in [2.05, 4.69) is 43.1 Å². The first-order valence-corrected chi connectivity index (χ1v) is 7.06. The Labute approximate surface area is 125 Å². The highest BCUT2D eigenvalue weighted by atomic mass is 16.1.